The smallest absolute Gasteiger partial charge is 0.285 e. The Morgan fingerprint density at radius 3 is 2.58 bits per heavy atom. The van der Waals surface area contributed by atoms with E-state index in [1.165, 1.54) is 12.3 Å². The van der Waals surface area contributed by atoms with E-state index in [1.807, 2.05) is 0 Å². The summed E-state index contributed by atoms with van der Waals surface area (Å²) in [6.07, 6.45) is 5.78. The minimum Gasteiger partial charge on any atom is -0.627 e. The molecule has 1 N–H and O–H groups in total. The van der Waals surface area contributed by atoms with Crippen LogP contribution in [-0.4, -0.2) is 49.8 Å². The number of aryl methyl sites for hydroxylation is 1. The molecule has 12 heteroatoms. The number of fused-ring (bicyclic) bond motifs is 1. The van der Waals surface area contributed by atoms with Crippen LogP contribution in [0, 0.1) is 22.0 Å². The summed E-state index contributed by atoms with van der Waals surface area (Å²) in [5, 5.41) is 40.1. The lowest BCUT2D eigenvalue weighted by molar-refractivity contribution is -0.837. The Balaban J connectivity index is 1.53. The molecule has 3 aromatic rings. The minimum atomic E-state index is -2.27. The second-order valence-electron chi connectivity index (χ2n) is 11.4. The highest BCUT2D eigenvalue weighted by molar-refractivity contribution is 6.31. The number of amides is 1. The highest BCUT2D eigenvalue weighted by Gasteiger charge is 2.60. The second-order valence-corrected chi connectivity index (χ2v) is 12.3. The third-order valence-corrected chi connectivity index (χ3v) is 8.74. The van der Waals surface area contributed by atoms with E-state index in [4.69, 9.17) is 27.9 Å². The van der Waals surface area contributed by atoms with Gasteiger partial charge in [-0.15, -0.1) is 5.12 Å². The highest BCUT2D eigenvalue weighted by Crippen LogP contribution is 2.52. The Morgan fingerprint density at radius 1 is 1.21 bits per heavy atom. The molecule has 2 aromatic carbocycles. The summed E-state index contributed by atoms with van der Waals surface area (Å²) < 4.78 is 23.5. The number of hydrogen-bond donors (Lipinski definition) is 1. The van der Waals surface area contributed by atoms with Crippen molar-refractivity contribution >= 4 is 29.1 Å². The van der Waals surface area contributed by atoms with Crippen LogP contribution < -0.4 is 0 Å². The summed E-state index contributed by atoms with van der Waals surface area (Å²) >= 11 is 12.3. The van der Waals surface area contributed by atoms with Crippen LogP contribution in [0.5, 0.6) is 0 Å². The fourth-order valence-corrected chi connectivity index (χ4v) is 6.19. The van der Waals surface area contributed by atoms with Crippen molar-refractivity contribution in [1.82, 2.24) is 14.9 Å². The number of aromatic nitrogens is 2. The van der Waals surface area contributed by atoms with Gasteiger partial charge in [0.1, 0.15) is 25.4 Å². The molecule has 0 saturated heterocycles. The zero-order valence-electron chi connectivity index (χ0n) is 23.2. The van der Waals surface area contributed by atoms with Gasteiger partial charge >= 0.3 is 0 Å². The summed E-state index contributed by atoms with van der Waals surface area (Å²) in [4.78, 5) is 13.9. The van der Waals surface area contributed by atoms with Gasteiger partial charge in [0, 0.05) is 41.4 Å². The van der Waals surface area contributed by atoms with Crippen LogP contribution >= 0.6 is 23.2 Å². The van der Waals surface area contributed by atoms with E-state index >= 15 is 4.48 Å². The molecule has 1 aromatic heterocycles. The average molecular weight is 625 g/mol. The first-order valence-corrected chi connectivity index (χ1v) is 14.5. The normalized spacial score (nSPS) is 24.4. The molecule has 2 aliphatic heterocycles. The number of hydrogen-bond acceptors (Lipinski definition) is 6. The Labute approximate surface area is 257 Å². The number of hydroxylamine groups is 3. The number of nitriles is 1. The van der Waals surface area contributed by atoms with Crippen molar-refractivity contribution < 1.29 is 23.8 Å². The molecule has 3 atom stereocenters. The Morgan fingerprint density at radius 2 is 1.95 bits per heavy atom. The van der Waals surface area contributed by atoms with Gasteiger partial charge in [0.05, 0.1) is 34.4 Å². The van der Waals surface area contributed by atoms with Gasteiger partial charge in [0.25, 0.3) is 5.91 Å². The van der Waals surface area contributed by atoms with Crippen LogP contribution in [0.2, 0.25) is 5.02 Å². The molecule has 3 aliphatic rings. The lowest BCUT2D eigenvalue weighted by Gasteiger charge is -2.40. The van der Waals surface area contributed by atoms with Crippen LogP contribution in [-0.2, 0) is 30.5 Å². The maximum Gasteiger partial charge on any atom is 0.285 e. The maximum absolute atomic E-state index is 16.5. The van der Waals surface area contributed by atoms with Gasteiger partial charge in [-0.2, -0.15) is 10.4 Å². The van der Waals surface area contributed by atoms with Crippen LogP contribution in [0.4, 0.5) is 4.48 Å². The third-order valence-electron chi connectivity index (χ3n) is 8.26. The van der Waals surface area contributed by atoms with E-state index in [0.29, 0.717) is 40.2 Å². The number of allylic oxidation sites excluding steroid dienone is 2. The van der Waals surface area contributed by atoms with E-state index in [9.17, 15) is 20.4 Å². The monoisotopic (exact) mass is 623 g/mol. The maximum atomic E-state index is 16.5. The summed E-state index contributed by atoms with van der Waals surface area (Å²) in [7, 11) is 1.72. The molecule has 2 unspecified atom stereocenters. The van der Waals surface area contributed by atoms with Crippen LogP contribution in [0.3, 0.4) is 0 Å². The molecule has 43 heavy (non-hydrogen) atoms. The second kappa shape index (κ2) is 10.9. The van der Waals surface area contributed by atoms with Crippen molar-refractivity contribution in [3.05, 3.63) is 105 Å². The quantitative estimate of drug-likeness (QED) is 0.188. The van der Waals surface area contributed by atoms with Crippen molar-refractivity contribution in [1.29, 1.82) is 5.26 Å². The highest BCUT2D eigenvalue weighted by atomic mass is 35.5. The number of aliphatic hydroxyl groups excluding tert-OH is 1. The fourth-order valence-electron chi connectivity index (χ4n) is 5.80. The predicted molar refractivity (Wildman–Crippen MR) is 157 cm³/mol. The average Bonchev–Trinajstić information content (AvgIpc) is 3.59. The number of benzene rings is 2. The molecule has 9 nitrogen and oxygen atoms in total. The van der Waals surface area contributed by atoms with Gasteiger partial charge in [0.2, 0.25) is 5.72 Å². The number of quaternary nitrogens is 1. The fraction of sp³-hybridized carbons (Fsp3) is 0.323. The van der Waals surface area contributed by atoms with Crippen molar-refractivity contribution in [3.63, 3.8) is 0 Å². The Hall–Kier alpha value is -3.56. The summed E-state index contributed by atoms with van der Waals surface area (Å²) in [5.41, 5.74) is -1.26. The Bertz CT molecular complexity index is 1700. The number of nitrogens with zero attached hydrogens (tertiary/aromatic N) is 5. The number of carbonyl (C=O) groups is 1. The SMILES string of the molecule is Cn1ccc(CC(O)[C@]2(OCC3(C#N)CC3)c3ccc(C[N+]4([O-])C=C(Cl)C=CC4)c(-c4ccc(Cl)cc4)c3C(=O)N2F)n1. The van der Waals surface area contributed by atoms with E-state index in [0.717, 1.165) is 0 Å². The first kappa shape index (κ1) is 29.5. The largest absolute Gasteiger partial charge is 0.627 e. The topological polar surface area (TPSA) is 114 Å². The molecule has 1 saturated carbocycles. The molecule has 1 aliphatic carbocycles. The molecule has 3 heterocycles. The van der Waals surface area contributed by atoms with Crippen LogP contribution in [0.1, 0.15) is 40.0 Å². The van der Waals surface area contributed by atoms with E-state index in [-0.39, 0.29) is 47.4 Å². The van der Waals surface area contributed by atoms with E-state index in [1.54, 1.807) is 66.5 Å². The molecular weight excluding hydrogens is 596 g/mol. The lowest BCUT2D eigenvalue weighted by Crippen LogP contribution is -2.52. The first-order chi connectivity index (χ1) is 20.5. The van der Waals surface area contributed by atoms with E-state index < -0.39 is 27.8 Å². The standard InChI is InChI=1S/C31H28Cl2FN5O4/c1-37-13-10-24(36-37)15-26(40)31(43-19-30(18-35)11-12-30)25-9-6-21(16-39(42)14-2-3-23(33)17-39)27(28(25)29(41)38(31)34)20-4-7-22(32)8-5-20/h2-10,13,17,26,40H,11-12,14-16,19H2,1H3/t26?,31-,39?/m1/s1. The molecular formula is C31H28Cl2FN5O4. The summed E-state index contributed by atoms with van der Waals surface area (Å²) in [6, 6.07) is 13.7. The van der Waals surface area contributed by atoms with Crippen LogP contribution in [0.15, 0.2) is 72.0 Å². The number of aliphatic hydroxyl groups is 1. The third kappa shape index (κ3) is 5.27. The molecule has 0 spiro atoms. The van der Waals surface area contributed by atoms with Gasteiger partial charge in [0.15, 0.2) is 0 Å². The van der Waals surface area contributed by atoms with Gasteiger partial charge in [-0.1, -0.05) is 51.9 Å². The molecule has 1 amide bonds. The van der Waals surface area contributed by atoms with Crippen molar-refractivity contribution in [2.75, 3.05) is 13.2 Å². The molecule has 6 rings (SSSR count). The van der Waals surface area contributed by atoms with Crippen molar-refractivity contribution in [2.45, 2.75) is 37.6 Å². The number of carbonyl (C=O) groups excluding carboxylic acids is 1. The van der Waals surface area contributed by atoms with Gasteiger partial charge in [-0.05, 0) is 48.8 Å². The summed E-state index contributed by atoms with van der Waals surface area (Å²) in [6.45, 7) is -0.181. The van der Waals surface area contributed by atoms with E-state index in [2.05, 4.69) is 11.2 Å². The zero-order valence-corrected chi connectivity index (χ0v) is 24.7. The predicted octanol–water partition coefficient (Wildman–Crippen LogP) is 5.62. The molecule has 0 radical (unpaired) electrons. The molecule has 1 fully saturated rings. The lowest BCUT2D eigenvalue weighted by atomic mass is 9.86. The van der Waals surface area contributed by atoms with Crippen molar-refractivity contribution in [3.8, 4) is 17.2 Å². The summed E-state index contributed by atoms with van der Waals surface area (Å²) in [5.74, 6) is -1.03. The Kier molecular flexibility index (Phi) is 7.45. The van der Waals surface area contributed by atoms with Crippen LogP contribution in [0.25, 0.3) is 11.1 Å². The number of rotatable bonds is 9. The van der Waals surface area contributed by atoms with Crippen molar-refractivity contribution in [2.24, 2.45) is 12.5 Å². The first-order valence-electron chi connectivity index (χ1n) is 13.8. The molecule has 222 valence electrons. The van der Waals surface area contributed by atoms with Gasteiger partial charge in [-0.25, -0.2) is 0 Å². The minimum absolute atomic E-state index is 0.0431. The molecule has 0 bridgehead atoms. The van der Waals surface area contributed by atoms with Gasteiger partial charge in [-0.3, -0.25) is 9.48 Å². The number of ether oxygens (including phenoxy) is 1. The van der Waals surface area contributed by atoms with Gasteiger partial charge < -0.3 is 19.7 Å². The zero-order chi connectivity index (χ0) is 30.6. The number of halogens is 3.